The van der Waals surface area contributed by atoms with Crippen LogP contribution in [0.25, 0.3) is 0 Å². The van der Waals surface area contributed by atoms with Crippen molar-refractivity contribution < 1.29 is 8.42 Å². The van der Waals surface area contributed by atoms with Gasteiger partial charge in [0, 0.05) is 12.2 Å². The fourth-order valence-electron chi connectivity index (χ4n) is 2.81. The Morgan fingerprint density at radius 1 is 1.04 bits per heavy atom. The lowest BCUT2D eigenvalue weighted by atomic mass is 10.1. The number of nitrogens with one attached hydrogen (secondary N) is 3. The fraction of sp³-hybridized carbons (Fsp3) is 0.350. The molecular weight excluding hydrogens is 378 g/mol. The predicted molar refractivity (Wildman–Crippen MR) is 117 cm³/mol. The van der Waals surface area contributed by atoms with E-state index < -0.39 is 10.0 Å². The van der Waals surface area contributed by atoms with Crippen molar-refractivity contribution in [3.05, 3.63) is 53.1 Å². The molecule has 0 fully saturated rings. The highest BCUT2D eigenvalue weighted by Crippen LogP contribution is 2.25. The van der Waals surface area contributed by atoms with Crippen molar-refractivity contribution in [2.24, 2.45) is 0 Å². The summed E-state index contributed by atoms with van der Waals surface area (Å²) in [5, 5.41) is 6.71. The minimum atomic E-state index is -3.66. The third kappa shape index (κ3) is 5.94. The molecule has 0 aromatic heterocycles. The van der Waals surface area contributed by atoms with Crippen molar-refractivity contribution >= 4 is 38.7 Å². The number of hydrogen-bond acceptors (Lipinski definition) is 3. The summed E-state index contributed by atoms with van der Waals surface area (Å²) in [7, 11) is -3.66. The Labute approximate surface area is 167 Å². The van der Waals surface area contributed by atoms with Gasteiger partial charge in [-0.3, -0.25) is 4.72 Å². The highest BCUT2D eigenvalue weighted by molar-refractivity contribution is 7.92. The largest absolute Gasteiger partial charge is 0.362 e. The molecule has 2 aromatic rings. The molecule has 0 spiro atoms. The van der Waals surface area contributed by atoms with Gasteiger partial charge in [-0.2, -0.15) is 0 Å². The topological polar surface area (TPSA) is 70.2 Å². The lowest BCUT2D eigenvalue weighted by molar-refractivity contribution is 0.601. The first-order valence-electron chi connectivity index (χ1n) is 8.98. The number of hydrogen-bond donors (Lipinski definition) is 3. The van der Waals surface area contributed by atoms with E-state index >= 15 is 0 Å². The van der Waals surface area contributed by atoms with E-state index in [2.05, 4.69) is 22.3 Å². The molecule has 0 amide bonds. The van der Waals surface area contributed by atoms with E-state index in [-0.39, 0.29) is 4.90 Å². The molecule has 0 aliphatic rings. The Kier molecular flexibility index (Phi) is 7.21. The van der Waals surface area contributed by atoms with E-state index in [1.54, 1.807) is 24.3 Å². The van der Waals surface area contributed by atoms with Crippen LogP contribution in [0.1, 0.15) is 36.5 Å². The summed E-state index contributed by atoms with van der Waals surface area (Å²) < 4.78 is 28.2. The minimum Gasteiger partial charge on any atom is -0.362 e. The molecule has 27 heavy (non-hydrogen) atoms. The quantitative estimate of drug-likeness (QED) is 0.467. The Balaban J connectivity index is 2.10. The number of sulfonamides is 1. The van der Waals surface area contributed by atoms with Crippen LogP contribution in [0, 0.1) is 20.8 Å². The maximum absolute atomic E-state index is 12.7. The monoisotopic (exact) mass is 405 g/mol. The van der Waals surface area contributed by atoms with Crippen molar-refractivity contribution in [3.8, 4) is 0 Å². The lowest BCUT2D eigenvalue weighted by Crippen LogP contribution is -2.29. The van der Waals surface area contributed by atoms with Crippen LogP contribution in [0.5, 0.6) is 0 Å². The van der Waals surface area contributed by atoms with Gasteiger partial charge in [-0.1, -0.05) is 31.0 Å². The van der Waals surface area contributed by atoms with Crippen molar-refractivity contribution in [3.63, 3.8) is 0 Å². The van der Waals surface area contributed by atoms with Crippen LogP contribution < -0.4 is 15.4 Å². The standard InChI is InChI=1S/C20H27N3O2S2/c1-5-6-11-21-20(26)22-17-7-9-18(10-8-17)27(24,25)23-19-15(3)12-14(2)13-16(19)4/h7-10,12-13,23H,5-6,11H2,1-4H3,(H2,21,22,26). The molecular formula is C20H27N3O2S2. The fourth-order valence-corrected chi connectivity index (χ4v) is 4.23. The van der Waals surface area contributed by atoms with Gasteiger partial charge < -0.3 is 10.6 Å². The van der Waals surface area contributed by atoms with Gasteiger partial charge >= 0.3 is 0 Å². The zero-order valence-corrected chi connectivity index (χ0v) is 17.9. The van der Waals surface area contributed by atoms with Gasteiger partial charge in [0.05, 0.1) is 10.6 Å². The third-order valence-electron chi connectivity index (χ3n) is 4.15. The number of unbranched alkanes of at least 4 members (excludes halogenated alkanes) is 1. The Morgan fingerprint density at radius 3 is 2.19 bits per heavy atom. The first-order chi connectivity index (χ1) is 12.7. The maximum atomic E-state index is 12.7. The van der Waals surface area contributed by atoms with E-state index in [4.69, 9.17) is 12.2 Å². The molecule has 0 bridgehead atoms. The first-order valence-corrected chi connectivity index (χ1v) is 10.9. The van der Waals surface area contributed by atoms with Gasteiger partial charge in [0.1, 0.15) is 0 Å². The second-order valence-corrected chi connectivity index (χ2v) is 8.73. The molecule has 0 unspecified atom stereocenters. The summed E-state index contributed by atoms with van der Waals surface area (Å²) >= 11 is 5.23. The molecule has 2 rings (SSSR count). The summed E-state index contributed by atoms with van der Waals surface area (Å²) in [5.74, 6) is 0. The van der Waals surface area contributed by atoms with Gasteiger partial charge in [-0.15, -0.1) is 0 Å². The molecule has 2 aromatic carbocycles. The van der Waals surface area contributed by atoms with Crippen LogP contribution in [0.15, 0.2) is 41.3 Å². The van der Waals surface area contributed by atoms with E-state index in [1.807, 2.05) is 32.9 Å². The molecule has 0 heterocycles. The first kappa shape index (κ1) is 21.2. The normalized spacial score (nSPS) is 11.1. The number of rotatable bonds is 7. The highest BCUT2D eigenvalue weighted by atomic mass is 32.2. The average Bonchev–Trinajstić information content (AvgIpc) is 2.59. The maximum Gasteiger partial charge on any atom is 0.261 e. The van der Waals surface area contributed by atoms with E-state index in [0.29, 0.717) is 10.8 Å². The Bertz CT molecular complexity index is 884. The van der Waals surface area contributed by atoms with Crippen molar-refractivity contribution in [2.45, 2.75) is 45.4 Å². The van der Waals surface area contributed by atoms with Gasteiger partial charge in [-0.05, 0) is 74.8 Å². The van der Waals surface area contributed by atoms with Crippen molar-refractivity contribution in [1.29, 1.82) is 0 Å². The van der Waals surface area contributed by atoms with Crippen LogP contribution in [-0.2, 0) is 10.0 Å². The van der Waals surface area contributed by atoms with Crippen LogP contribution in [0.4, 0.5) is 11.4 Å². The van der Waals surface area contributed by atoms with Crippen molar-refractivity contribution in [1.82, 2.24) is 5.32 Å². The summed E-state index contributed by atoms with van der Waals surface area (Å²) in [6.45, 7) is 8.72. The summed E-state index contributed by atoms with van der Waals surface area (Å²) in [4.78, 5) is 0.206. The molecule has 0 atom stereocenters. The third-order valence-corrected chi connectivity index (χ3v) is 5.76. The molecule has 0 radical (unpaired) electrons. The zero-order valence-electron chi connectivity index (χ0n) is 16.2. The molecule has 0 saturated carbocycles. The second kappa shape index (κ2) is 9.19. The molecule has 5 nitrogen and oxygen atoms in total. The summed E-state index contributed by atoms with van der Waals surface area (Å²) in [6, 6.07) is 10.5. The Hall–Kier alpha value is -2.12. The SMILES string of the molecule is CCCCNC(=S)Nc1ccc(S(=O)(=O)Nc2c(C)cc(C)cc2C)cc1. The molecule has 7 heteroatoms. The van der Waals surface area contributed by atoms with Gasteiger partial charge in [-0.25, -0.2) is 8.42 Å². The smallest absolute Gasteiger partial charge is 0.261 e. The number of aryl methyl sites for hydroxylation is 3. The zero-order chi connectivity index (χ0) is 20.0. The molecule has 0 aliphatic heterocycles. The van der Waals surface area contributed by atoms with Crippen molar-refractivity contribution in [2.75, 3.05) is 16.6 Å². The highest BCUT2D eigenvalue weighted by Gasteiger charge is 2.17. The summed E-state index contributed by atoms with van der Waals surface area (Å²) in [5.41, 5.74) is 4.28. The molecule has 146 valence electrons. The van der Waals surface area contributed by atoms with Crippen LogP contribution in [0.2, 0.25) is 0 Å². The number of thiocarbonyl (C=S) groups is 1. The number of benzene rings is 2. The molecule has 0 saturated heterocycles. The lowest BCUT2D eigenvalue weighted by Gasteiger charge is -2.15. The van der Waals surface area contributed by atoms with Gasteiger partial charge in [0.25, 0.3) is 10.0 Å². The van der Waals surface area contributed by atoms with Gasteiger partial charge in [0.15, 0.2) is 5.11 Å². The van der Waals surface area contributed by atoms with E-state index in [1.165, 1.54) is 0 Å². The van der Waals surface area contributed by atoms with Crippen LogP contribution >= 0.6 is 12.2 Å². The van der Waals surface area contributed by atoms with E-state index in [9.17, 15) is 8.42 Å². The van der Waals surface area contributed by atoms with Crippen LogP contribution in [-0.4, -0.2) is 20.1 Å². The number of anilines is 2. The Morgan fingerprint density at radius 2 is 1.63 bits per heavy atom. The van der Waals surface area contributed by atoms with E-state index in [0.717, 1.165) is 41.8 Å². The van der Waals surface area contributed by atoms with Crippen LogP contribution in [0.3, 0.4) is 0 Å². The second-order valence-electron chi connectivity index (χ2n) is 6.64. The summed E-state index contributed by atoms with van der Waals surface area (Å²) in [6.07, 6.45) is 2.14. The van der Waals surface area contributed by atoms with Gasteiger partial charge in [0.2, 0.25) is 0 Å². The average molecular weight is 406 g/mol. The molecule has 0 aliphatic carbocycles. The molecule has 3 N–H and O–H groups in total. The predicted octanol–water partition coefficient (Wildman–Crippen LogP) is 4.50. The minimum absolute atomic E-state index is 0.206.